The van der Waals surface area contributed by atoms with Crippen molar-refractivity contribution >= 4 is 35.0 Å². The third-order valence-corrected chi connectivity index (χ3v) is 6.59. The van der Waals surface area contributed by atoms with Gasteiger partial charge in [-0.1, -0.05) is 67.5 Å². The molecule has 6 nitrogen and oxygen atoms in total. The lowest BCUT2D eigenvalue weighted by molar-refractivity contribution is -0.116. The molecule has 3 aromatic rings. The highest BCUT2D eigenvalue weighted by atomic mass is 35.5. The molecule has 0 unspecified atom stereocenters. The molecule has 2 aromatic carbocycles. The summed E-state index contributed by atoms with van der Waals surface area (Å²) in [6, 6.07) is 15.2. The molecule has 2 N–H and O–H groups in total. The van der Waals surface area contributed by atoms with Crippen molar-refractivity contribution < 1.29 is 4.79 Å². The molecule has 0 fully saturated rings. The number of hydrogen-bond donors (Lipinski definition) is 2. The van der Waals surface area contributed by atoms with E-state index < -0.39 is 5.25 Å². The average molecular weight is 442 g/mol. The van der Waals surface area contributed by atoms with Gasteiger partial charge in [0.15, 0.2) is 5.82 Å². The Bertz CT molecular complexity index is 1040. The Hall–Kier alpha value is -2.51. The van der Waals surface area contributed by atoms with E-state index in [1.165, 1.54) is 11.8 Å². The smallest absolute Gasteiger partial charge is 0.240 e. The predicted molar refractivity (Wildman–Crippen MR) is 122 cm³/mol. The van der Waals surface area contributed by atoms with Crippen molar-refractivity contribution in [3.05, 3.63) is 70.5 Å². The van der Waals surface area contributed by atoms with Crippen molar-refractivity contribution in [2.24, 2.45) is 0 Å². The van der Waals surface area contributed by atoms with E-state index in [9.17, 15) is 4.79 Å². The van der Waals surface area contributed by atoms with Crippen molar-refractivity contribution in [2.75, 3.05) is 10.7 Å². The second-order valence-electron chi connectivity index (χ2n) is 7.18. The maximum absolute atomic E-state index is 13.4. The number of rotatable bonds is 6. The number of hydrogen-bond acceptors (Lipinski definition) is 5. The minimum atomic E-state index is -0.415. The van der Waals surface area contributed by atoms with Crippen LogP contribution in [0, 0.1) is 0 Å². The van der Waals surface area contributed by atoms with Crippen molar-refractivity contribution in [3.8, 4) is 0 Å². The van der Waals surface area contributed by atoms with E-state index in [0.717, 1.165) is 41.9 Å². The summed E-state index contributed by atoms with van der Waals surface area (Å²) in [7, 11) is 0. The van der Waals surface area contributed by atoms with Gasteiger partial charge in [-0.05, 0) is 42.2 Å². The highest BCUT2D eigenvalue weighted by Crippen LogP contribution is 2.38. The van der Waals surface area contributed by atoms with Gasteiger partial charge >= 0.3 is 0 Å². The van der Waals surface area contributed by atoms with Crippen LogP contribution in [0.15, 0.2) is 53.7 Å². The number of carbonyl (C=O) groups excluding carboxylic acids is 1. The van der Waals surface area contributed by atoms with Gasteiger partial charge in [-0.3, -0.25) is 4.79 Å². The number of nitrogens with one attached hydrogen (secondary N) is 2. The summed E-state index contributed by atoms with van der Waals surface area (Å²) in [5.41, 5.74) is 6.42. The lowest BCUT2D eigenvalue weighted by Crippen LogP contribution is -2.41. The zero-order valence-corrected chi connectivity index (χ0v) is 18.5. The fourth-order valence-corrected chi connectivity index (χ4v) is 4.78. The van der Waals surface area contributed by atoms with Gasteiger partial charge in [-0.2, -0.15) is 0 Å². The Labute approximate surface area is 185 Å². The van der Waals surface area contributed by atoms with Crippen LogP contribution < -0.4 is 10.7 Å². The highest BCUT2D eigenvalue weighted by Gasteiger charge is 2.37. The van der Waals surface area contributed by atoms with Gasteiger partial charge in [0.25, 0.3) is 0 Å². The fourth-order valence-electron chi connectivity index (χ4n) is 3.56. The zero-order valence-electron chi connectivity index (χ0n) is 16.9. The lowest BCUT2D eigenvalue weighted by Gasteiger charge is -2.33. The third-order valence-electron chi connectivity index (χ3n) is 5.12. The van der Waals surface area contributed by atoms with Crippen LogP contribution in [0.4, 0.5) is 5.69 Å². The molecule has 30 heavy (non-hydrogen) atoms. The van der Waals surface area contributed by atoms with Gasteiger partial charge in [-0.15, -0.1) is 10.2 Å². The first kappa shape index (κ1) is 20.8. The Morgan fingerprint density at radius 3 is 2.67 bits per heavy atom. The standard InChI is InChI=1S/C22H24ClN5OS/c1-3-7-18-25-26-22-28(18)27-19(15-10-12-16(23)13-11-15)20(30-22)21(29)24-17-9-6-5-8-14(17)4-2/h5-6,8-13,19-20,27H,3-4,7H2,1-2H3,(H,24,29)/t19-,20+/m0/s1. The molecule has 0 radical (unpaired) electrons. The van der Waals surface area contributed by atoms with Gasteiger partial charge in [0, 0.05) is 17.1 Å². The van der Waals surface area contributed by atoms with E-state index >= 15 is 0 Å². The van der Waals surface area contributed by atoms with E-state index in [1.54, 1.807) is 0 Å². The van der Waals surface area contributed by atoms with E-state index in [2.05, 4.69) is 34.8 Å². The number of nitrogens with zero attached hydrogens (tertiary/aromatic N) is 3. The number of thioether (sulfide) groups is 1. The molecule has 0 bridgehead atoms. The topological polar surface area (TPSA) is 71.8 Å². The second kappa shape index (κ2) is 9.10. The first-order chi connectivity index (χ1) is 14.6. The van der Waals surface area contributed by atoms with Gasteiger partial charge in [0.2, 0.25) is 11.1 Å². The summed E-state index contributed by atoms with van der Waals surface area (Å²) in [5, 5.41) is 12.7. The number of benzene rings is 2. The molecule has 1 amide bonds. The molecular formula is C22H24ClN5OS. The molecule has 156 valence electrons. The third kappa shape index (κ3) is 4.18. The minimum Gasteiger partial charge on any atom is -0.325 e. The van der Waals surface area contributed by atoms with Gasteiger partial charge in [0.1, 0.15) is 5.25 Å². The maximum Gasteiger partial charge on any atom is 0.240 e. The number of anilines is 1. The number of carbonyl (C=O) groups is 1. The monoisotopic (exact) mass is 441 g/mol. The number of amides is 1. The highest BCUT2D eigenvalue weighted by molar-refractivity contribution is 8.00. The largest absolute Gasteiger partial charge is 0.325 e. The van der Waals surface area contributed by atoms with Gasteiger partial charge in [-0.25, -0.2) is 4.68 Å². The maximum atomic E-state index is 13.4. The first-order valence-corrected chi connectivity index (χ1v) is 11.4. The van der Waals surface area contributed by atoms with Gasteiger partial charge < -0.3 is 10.7 Å². The quantitative estimate of drug-likeness (QED) is 0.572. The molecule has 1 aliphatic heterocycles. The van der Waals surface area contributed by atoms with Crippen LogP contribution in [0.5, 0.6) is 0 Å². The average Bonchev–Trinajstić information content (AvgIpc) is 3.16. The van der Waals surface area contributed by atoms with Crippen molar-refractivity contribution in [3.63, 3.8) is 0 Å². The van der Waals surface area contributed by atoms with E-state index in [1.807, 2.05) is 53.2 Å². The summed E-state index contributed by atoms with van der Waals surface area (Å²) in [5.74, 6) is 0.800. The number of fused-ring (bicyclic) bond motifs is 1. The predicted octanol–water partition coefficient (Wildman–Crippen LogP) is 4.84. The number of halogens is 1. The van der Waals surface area contributed by atoms with Gasteiger partial charge in [0.05, 0.1) is 6.04 Å². The Morgan fingerprint density at radius 2 is 1.93 bits per heavy atom. The SMILES string of the molecule is CCCc1nnc2n1N[C@@H](c1ccc(Cl)cc1)[C@H](C(=O)Nc1ccccc1CC)S2. The summed E-state index contributed by atoms with van der Waals surface area (Å²) in [6.07, 6.45) is 2.63. The van der Waals surface area contributed by atoms with Crippen LogP contribution in [-0.4, -0.2) is 26.0 Å². The molecule has 0 saturated heterocycles. The molecule has 8 heteroatoms. The molecule has 0 saturated carbocycles. The van der Waals surface area contributed by atoms with Crippen LogP contribution in [0.3, 0.4) is 0 Å². The summed E-state index contributed by atoms with van der Waals surface area (Å²) < 4.78 is 1.91. The lowest BCUT2D eigenvalue weighted by atomic mass is 10.0. The Balaban J connectivity index is 1.67. The minimum absolute atomic E-state index is 0.0698. The molecular weight excluding hydrogens is 418 g/mol. The molecule has 1 aliphatic rings. The molecule has 0 aliphatic carbocycles. The summed E-state index contributed by atoms with van der Waals surface area (Å²) in [4.78, 5) is 13.4. The Morgan fingerprint density at radius 1 is 1.17 bits per heavy atom. The molecule has 1 aromatic heterocycles. The van der Waals surface area contributed by atoms with E-state index in [4.69, 9.17) is 11.6 Å². The van der Waals surface area contributed by atoms with E-state index in [0.29, 0.717) is 10.2 Å². The van der Waals surface area contributed by atoms with Crippen LogP contribution in [0.1, 0.15) is 43.3 Å². The van der Waals surface area contributed by atoms with Crippen molar-refractivity contribution in [1.82, 2.24) is 14.9 Å². The zero-order chi connectivity index (χ0) is 21.1. The molecule has 4 rings (SSSR count). The number of para-hydroxylation sites is 1. The number of aryl methyl sites for hydroxylation is 2. The van der Waals surface area contributed by atoms with Crippen molar-refractivity contribution in [2.45, 2.75) is 49.6 Å². The van der Waals surface area contributed by atoms with E-state index in [-0.39, 0.29) is 11.9 Å². The molecule has 2 atom stereocenters. The molecule has 0 spiro atoms. The van der Waals surface area contributed by atoms with Crippen LogP contribution in [-0.2, 0) is 17.6 Å². The molecule has 2 heterocycles. The fraction of sp³-hybridized carbons (Fsp3) is 0.318. The van der Waals surface area contributed by atoms with Crippen LogP contribution >= 0.6 is 23.4 Å². The van der Waals surface area contributed by atoms with Crippen LogP contribution in [0.25, 0.3) is 0 Å². The first-order valence-electron chi connectivity index (χ1n) is 10.1. The van der Waals surface area contributed by atoms with Crippen molar-refractivity contribution in [1.29, 1.82) is 0 Å². The second-order valence-corrected chi connectivity index (χ2v) is 8.73. The van der Waals surface area contributed by atoms with Crippen LogP contribution in [0.2, 0.25) is 5.02 Å². The summed E-state index contributed by atoms with van der Waals surface area (Å²) in [6.45, 7) is 4.19. The summed E-state index contributed by atoms with van der Waals surface area (Å²) >= 11 is 7.52. The normalized spacial score (nSPS) is 17.8. The Kier molecular flexibility index (Phi) is 6.29. The number of aromatic nitrogens is 3.